The van der Waals surface area contributed by atoms with Crippen molar-refractivity contribution in [3.8, 4) is 0 Å². The van der Waals surface area contributed by atoms with Crippen molar-refractivity contribution in [3.63, 3.8) is 0 Å². The molecule has 0 aliphatic carbocycles. The summed E-state index contributed by atoms with van der Waals surface area (Å²) in [5.74, 6) is -2.10. The molecule has 0 spiro atoms. The molecule has 12 heteroatoms. The number of anilines is 1. The lowest BCUT2D eigenvalue weighted by atomic mass is 10.0. The van der Waals surface area contributed by atoms with E-state index in [4.69, 9.17) is 0 Å². The molecule has 0 radical (unpaired) electrons. The maximum Gasteiger partial charge on any atom is 0.416 e. The van der Waals surface area contributed by atoms with E-state index in [-0.39, 0.29) is 30.8 Å². The topological polar surface area (TPSA) is 86.8 Å². The summed E-state index contributed by atoms with van der Waals surface area (Å²) in [6, 6.07) is 16.7. The second-order valence-electron chi connectivity index (χ2n) is 9.03. The minimum atomic E-state index is -4.75. The molecular weight excluding hydrogens is 550 g/mol. The summed E-state index contributed by atoms with van der Waals surface area (Å²) in [6.07, 6.45) is -3.97. The highest BCUT2D eigenvalue weighted by molar-refractivity contribution is 7.92. The Kier molecular flexibility index (Phi) is 9.91. The van der Waals surface area contributed by atoms with Gasteiger partial charge in [0.2, 0.25) is 21.8 Å². The van der Waals surface area contributed by atoms with Crippen molar-refractivity contribution in [2.45, 2.75) is 32.1 Å². The van der Waals surface area contributed by atoms with Crippen LogP contribution in [0.5, 0.6) is 0 Å². The fraction of sp³-hybridized carbons (Fsp3) is 0.286. The van der Waals surface area contributed by atoms with Crippen molar-refractivity contribution in [3.05, 3.63) is 101 Å². The molecule has 2 amide bonds. The van der Waals surface area contributed by atoms with Gasteiger partial charge in [-0.2, -0.15) is 13.2 Å². The number of alkyl halides is 3. The van der Waals surface area contributed by atoms with E-state index in [0.717, 1.165) is 29.4 Å². The molecule has 7 nitrogen and oxygen atoms in total. The molecule has 0 aromatic heterocycles. The summed E-state index contributed by atoms with van der Waals surface area (Å²) in [6.45, 7) is 0.602. The zero-order chi connectivity index (χ0) is 29.5. The van der Waals surface area contributed by atoms with Crippen LogP contribution in [0.4, 0.5) is 23.2 Å². The second kappa shape index (κ2) is 12.9. The summed E-state index contributed by atoms with van der Waals surface area (Å²) < 4.78 is 80.7. The van der Waals surface area contributed by atoms with E-state index in [9.17, 15) is 35.6 Å². The Hall–Kier alpha value is -3.93. The summed E-state index contributed by atoms with van der Waals surface area (Å²) in [5.41, 5.74) is -0.723. The largest absolute Gasteiger partial charge is 0.416 e. The van der Waals surface area contributed by atoms with Gasteiger partial charge in [-0.1, -0.05) is 54.6 Å². The molecule has 1 N–H and O–H groups in total. The highest BCUT2D eigenvalue weighted by atomic mass is 32.2. The van der Waals surface area contributed by atoms with Gasteiger partial charge in [-0.3, -0.25) is 13.9 Å². The lowest BCUT2D eigenvalue weighted by molar-refractivity contribution is -0.140. The Morgan fingerprint density at radius 2 is 1.60 bits per heavy atom. The predicted octanol–water partition coefficient (Wildman–Crippen LogP) is 4.39. The van der Waals surface area contributed by atoms with E-state index in [1.807, 2.05) is 0 Å². The first kappa shape index (κ1) is 30.6. The molecule has 3 aromatic carbocycles. The first-order valence-corrected chi connectivity index (χ1v) is 14.2. The number of hydrogen-bond donors (Lipinski definition) is 1. The van der Waals surface area contributed by atoms with Crippen LogP contribution in [0.25, 0.3) is 0 Å². The third kappa shape index (κ3) is 8.04. The van der Waals surface area contributed by atoms with Crippen LogP contribution >= 0.6 is 0 Å². The molecule has 0 aliphatic heterocycles. The monoisotopic (exact) mass is 579 g/mol. The molecule has 0 saturated carbocycles. The number of halogens is 4. The Bertz CT molecular complexity index is 1430. The number of carbonyl (C=O) groups is 2. The van der Waals surface area contributed by atoms with Gasteiger partial charge in [-0.15, -0.1) is 0 Å². The lowest BCUT2D eigenvalue weighted by Crippen LogP contribution is -2.53. The molecule has 0 fully saturated rings. The van der Waals surface area contributed by atoms with Gasteiger partial charge in [0.05, 0.1) is 17.5 Å². The minimum absolute atomic E-state index is 0.0231. The normalized spacial score (nSPS) is 12.4. The Balaban J connectivity index is 2.07. The van der Waals surface area contributed by atoms with E-state index in [1.165, 1.54) is 18.2 Å². The predicted molar refractivity (Wildman–Crippen MR) is 143 cm³/mol. The van der Waals surface area contributed by atoms with Gasteiger partial charge in [0, 0.05) is 25.1 Å². The molecule has 0 saturated heterocycles. The number of nitrogens with one attached hydrogen (secondary N) is 1. The smallest absolute Gasteiger partial charge is 0.355 e. The van der Waals surface area contributed by atoms with Crippen LogP contribution in [-0.4, -0.2) is 50.5 Å². The molecule has 0 heterocycles. The van der Waals surface area contributed by atoms with Crippen molar-refractivity contribution >= 4 is 27.5 Å². The molecule has 40 heavy (non-hydrogen) atoms. The SMILES string of the molecule is CCNC(=O)[C@@H](Cc1ccccc1)N(Cc1ccccc1F)C(=O)CN(c1cccc(C(F)(F)F)c1)S(C)(=O)=O. The van der Waals surface area contributed by atoms with Crippen LogP contribution in [0.3, 0.4) is 0 Å². The zero-order valence-corrected chi connectivity index (χ0v) is 22.7. The van der Waals surface area contributed by atoms with E-state index in [0.29, 0.717) is 15.9 Å². The van der Waals surface area contributed by atoms with E-state index in [1.54, 1.807) is 43.3 Å². The molecule has 3 rings (SSSR count). The average molecular weight is 580 g/mol. The van der Waals surface area contributed by atoms with Crippen LogP contribution in [0, 0.1) is 5.82 Å². The van der Waals surface area contributed by atoms with E-state index in [2.05, 4.69) is 5.32 Å². The van der Waals surface area contributed by atoms with Gasteiger partial charge in [-0.25, -0.2) is 12.8 Å². The fourth-order valence-corrected chi connectivity index (χ4v) is 4.95. The molecule has 214 valence electrons. The maximum atomic E-state index is 14.7. The van der Waals surface area contributed by atoms with Gasteiger partial charge in [-0.05, 0) is 36.8 Å². The lowest BCUT2D eigenvalue weighted by Gasteiger charge is -2.33. The number of likely N-dealkylation sites (N-methyl/N-ethyl adjacent to an activating group) is 1. The van der Waals surface area contributed by atoms with Crippen molar-refractivity contribution in [2.75, 3.05) is 23.7 Å². The fourth-order valence-electron chi connectivity index (χ4n) is 4.11. The van der Waals surface area contributed by atoms with Crippen molar-refractivity contribution < 1.29 is 35.6 Å². The number of hydrogen-bond acceptors (Lipinski definition) is 4. The second-order valence-corrected chi connectivity index (χ2v) is 10.9. The summed E-state index contributed by atoms with van der Waals surface area (Å²) >= 11 is 0. The molecule has 0 unspecified atom stereocenters. The van der Waals surface area contributed by atoms with Crippen LogP contribution in [0.15, 0.2) is 78.9 Å². The van der Waals surface area contributed by atoms with Gasteiger partial charge in [0.1, 0.15) is 18.4 Å². The maximum absolute atomic E-state index is 14.7. The standard InChI is InChI=1S/C28H29F4N3O4S/c1-3-33-27(37)25(16-20-10-5-4-6-11-20)34(18-21-12-7-8-15-24(21)29)26(36)19-35(40(2,38)39)23-14-9-13-22(17-23)28(30,31)32/h4-15,17,25H,3,16,18-19H2,1-2H3,(H,33,37)/t25-/m1/s1. The first-order valence-electron chi connectivity index (χ1n) is 12.3. The number of nitrogens with zero attached hydrogens (tertiary/aromatic N) is 2. The van der Waals surface area contributed by atoms with Gasteiger partial charge >= 0.3 is 6.18 Å². The van der Waals surface area contributed by atoms with Gasteiger partial charge in [0.25, 0.3) is 0 Å². The number of carbonyl (C=O) groups excluding carboxylic acids is 2. The van der Waals surface area contributed by atoms with Crippen LogP contribution in [-0.2, 0) is 38.8 Å². The quantitative estimate of drug-likeness (QED) is 0.342. The molecule has 1 atom stereocenters. The number of sulfonamides is 1. The third-order valence-electron chi connectivity index (χ3n) is 6.06. The summed E-state index contributed by atoms with van der Waals surface area (Å²) in [7, 11) is -4.26. The van der Waals surface area contributed by atoms with Crippen LogP contribution in [0.1, 0.15) is 23.6 Å². The molecule has 0 bridgehead atoms. The highest BCUT2D eigenvalue weighted by Gasteiger charge is 2.35. The van der Waals surface area contributed by atoms with Crippen LogP contribution in [0.2, 0.25) is 0 Å². The third-order valence-corrected chi connectivity index (χ3v) is 7.20. The number of amides is 2. The average Bonchev–Trinajstić information content (AvgIpc) is 2.89. The van der Waals surface area contributed by atoms with Crippen molar-refractivity contribution in [1.29, 1.82) is 0 Å². The summed E-state index contributed by atoms with van der Waals surface area (Å²) in [5, 5.41) is 2.66. The van der Waals surface area contributed by atoms with Crippen molar-refractivity contribution in [2.24, 2.45) is 0 Å². The van der Waals surface area contributed by atoms with Gasteiger partial charge < -0.3 is 10.2 Å². The number of rotatable bonds is 11. The van der Waals surface area contributed by atoms with Crippen LogP contribution < -0.4 is 9.62 Å². The molecule has 0 aliphatic rings. The zero-order valence-electron chi connectivity index (χ0n) is 21.9. The molecular formula is C28H29F4N3O4S. The first-order chi connectivity index (χ1) is 18.8. The van der Waals surface area contributed by atoms with Gasteiger partial charge in [0.15, 0.2) is 0 Å². The van der Waals surface area contributed by atoms with Crippen molar-refractivity contribution in [1.82, 2.24) is 10.2 Å². The minimum Gasteiger partial charge on any atom is -0.355 e. The van der Waals surface area contributed by atoms with E-state index >= 15 is 0 Å². The number of benzene rings is 3. The summed E-state index contributed by atoms with van der Waals surface area (Å²) in [4.78, 5) is 28.1. The highest BCUT2D eigenvalue weighted by Crippen LogP contribution is 2.32. The Morgan fingerprint density at radius 1 is 0.950 bits per heavy atom. The molecule has 3 aromatic rings. The Morgan fingerprint density at radius 3 is 2.20 bits per heavy atom. The Labute approximate surface area is 230 Å². The van der Waals surface area contributed by atoms with E-state index < -0.39 is 52.0 Å².